The molecule has 3 N–H and O–H groups in total. The molecule has 0 aromatic carbocycles. The summed E-state index contributed by atoms with van der Waals surface area (Å²) in [6.07, 6.45) is 1.59. The zero-order chi connectivity index (χ0) is 12.0. The molecule has 0 aromatic rings. The minimum absolute atomic E-state index is 0.250. The maximum atomic E-state index is 13.0. The van der Waals surface area contributed by atoms with Crippen LogP contribution in [0.25, 0.3) is 0 Å². The molecule has 5 nitrogen and oxygen atoms in total. The Morgan fingerprint density at radius 3 is 2.53 bits per heavy atom. The van der Waals surface area contributed by atoms with E-state index in [0.717, 1.165) is 0 Å². The Bertz CT molecular complexity index is 258. The second kappa shape index (κ2) is 6.13. The van der Waals surface area contributed by atoms with Crippen LogP contribution in [0.2, 0.25) is 0 Å². The smallest absolute Gasteiger partial charge is 0.337 e. The van der Waals surface area contributed by atoms with Crippen LogP contribution in [0, 0.1) is 0 Å². The van der Waals surface area contributed by atoms with E-state index in [2.05, 4.69) is 6.58 Å². The van der Waals surface area contributed by atoms with Gasteiger partial charge in [-0.1, -0.05) is 24.4 Å². The largest absolute Gasteiger partial charge is 0.479 e. The summed E-state index contributed by atoms with van der Waals surface area (Å²) < 4.78 is 13.0. The summed E-state index contributed by atoms with van der Waals surface area (Å²) in [7, 11) is 0. The fourth-order valence-electron chi connectivity index (χ4n) is 1.11. The van der Waals surface area contributed by atoms with Gasteiger partial charge < -0.3 is 10.8 Å². The molecule has 0 aromatic heterocycles. The minimum Gasteiger partial charge on any atom is -0.479 e. The van der Waals surface area contributed by atoms with Crippen LogP contribution in [-0.2, 0) is 9.59 Å². The third kappa shape index (κ3) is 3.67. The van der Waals surface area contributed by atoms with E-state index in [4.69, 9.17) is 10.8 Å². The van der Waals surface area contributed by atoms with Gasteiger partial charge in [-0.15, -0.1) is 0 Å². The minimum atomic E-state index is -1.90. The lowest BCUT2D eigenvalue weighted by Gasteiger charge is -2.19. The van der Waals surface area contributed by atoms with Crippen LogP contribution in [0.1, 0.15) is 19.8 Å². The molecule has 0 aliphatic carbocycles. The second-order valence-electron chi connectivity index (χ2n) is 3.07. The summed E-state index contributed by atoms with van der Waals surface area (Å²) in [5.74, 6) is -2.43. The number of hydrogen-bond acceptors (Lipinski definition) is 4. The Balaban J connectivity index is 4.70. The van der Waals surface area contributed by atoms with Gasteiger partial charge in [-0.2, -0.15) is 5.12 Å². The summed E-state index contributed by atoms with van der Waals surface area (Å²) in [6, 6.07) is -2.86. The molecule has 6 heteroatoms. The van der Waals surface area contributed by atoms with E-state index >= 15 is 0 Å². The molecule has 0 amide bonds. The number of halogens is 1. The fourth-order valence-corrected chi connectivity index (χ4v) is 1.11. The van der Waals surface area contributed by atoms with Crippen LogP contribution >= 0.6 is 0 Å². The van der Waals surface area contributed by atoms with Crippen molar-refractivity contribution in [2.45, 2.75) is 31.8 Å². The molecule has 86 valence electrons. The number of carboxylic acids is 1. The first-order valence-corrected chi connectivity index (χ1v) is 4.54. The van der Waals surface area contributed by atoms with Crippen molar-refractivity contribution in [3.8, 4) is 0 Å². The zero-order valence-corrected chi connectivity index (χ0v) is 8.52. The maximum Gasteiger partial charge on any atom is 0.337 e. The van der Waals surface area contributed by atoms with Crippen molar-refractivity contribution in [1.29, 1.82) is 0 Å². The highest BCUT2D eigenvalue weighted by Crippen LogP contribution is 2.07. The van der Waals surface area contributed by atoms with Gasteiger partial charge in [0.15, 0.2) is 5.78 Å². The number of carboxylic acid groups (broad SMARTS) is 1. The number of nitrogens with zero attached hydrogens (tertiary/aromatic N) is 1. The number of nitrogens with two attached hydrogens (primary N) is 1. The van der Waals surface area contributed by atoms with Crippen LogP contribution in [-0.4, -0.2) is 34.1 Å². The molecule has 0 radical (unpaired) electrons. The van der Waals surface area contributed by atoms with Crippen LogP contribution in [0.3, 0.4) is 0 Å². The first-order chi connectivity index (χ1) is 6.95. The number of Topliss-reactive ketones (excluding diaryl/α,β-unsaturated/α-hetero) is 1. The summed E-state index contributed by atoms with van der Waals surface area (Å²) in [5, 5.41) is 8.41. The SMILES string of the molecule is C=CN(F)[C@H](C(=O)O)C(=O)[C@@H](N)CCC. The molecule has 0 spiro atoms. The first-order valence-electron chi connectivity index (χ1n) is 4.54. The van der Waals surface area contributed by atoms with Crippen LogP contribution in [0.4, 0.5) is 4.48 Å². The summed E-state index contributed by atoms with van der Waals surface area (Å²) >= 11 is 0. The molecule has 0 saturated carbocycles. The van der Waals surface area contributed by atoms with E-state index in [1.165, 1.54) is 0 Å². The van der Waals surface area contributed by atoms with Gasteiger partial charge >= 0.3 is 5.97 Å². The van der Waals surface area contributed by atoms with E-state index < -0.39 is 23.8 Å². The maximum absolute atomic E-state index is 13.0. The predicted molar refractivity (Wildman–Crippen MR) is 52.5 cm³/mol. The molecule has 0 aliphatic rings. The lowest BCUT2D eigenvalue weighted by Crippen LogP contribution is -2.48. The van der Waals surface area contributed by atoms with Crippen molar-refractivity contribution < 1.29 is 19.2 Å². The Kier molecular flexibility index (Phi) is 5.54. The monoisotopic (exact) mass is 218 g/mol. The van der Waals surface area contributed by atoms with E-state index in [1.54, 1.807) is 6.92 Å². The molecule has 0 unspecified atom stereocenters. The molecular weight excluding hydrogens is 203 g/mol. The Labute approximate surface area is 87.3 Å². The van der Waals surface area contributed by atoms with Crippen molar-refractivity contribution in [1.82, 2.24) is 5.12 Å². The van der Waals surface area contributed by atoms with Crippen molar-refractivity contribution in [3.05, 3.63) is 12.8 Å². The van der Waals surface area contributed by atoms with Gasteiger partial charge in [-0.25, -0.2) is 4.79 Å². The molecular formula is C9H15FN2O3. The normalized spacial score (nSPS) is 14.1. The van der Waals surface area contributed by atoms with Gasteiger partial charge in [0.05, 0.1) is 6.04 Å². The summed E-state index contributed by atoms with van der Waals surface area (Å²) in [6.45, 7) is 4.84. The quantitative estimate of drug-likeness (QED) is 0.479. The Morgan fingerprint density at radius 1 is 1.67 bits per heavy atom. The molecule has 0 fully saturated rings. The van der Waals surface area contributed by atoms with Crippen molar-refractivity contribution in [2.75, 3.05) is 0 Å². The number of carbonyl (C=O) groups is 2. The lowest BCUT2D eigenvalue weighted by molar-refractivity contribution is -0.153. The van der Waals surface area contributed by atoms with Crippen molar-refractivity contribution in [2.24, 2.45) is 5.73 Å². The number of ketones is 1. The van der Waals surface area contributed by atoms with E-state index in [0.29, 0.717) is 19.0 Å². The third-order valence-corrected chi connectivity index (χ3v) is 1.89. The van der Waals surface area contributed by atoms with Crippen molar-refractivity contribution in [3.63, 3.8) is 0 Å². The fraction of sp³-hybridized carbons (Fsp3) is 0.556. The zero-order valence-electron chi connectivity index (χ0n) is 8.52. The third-order valence-electron chi connectivity index (χ3n) is 1.89. The number of hydrogen-bond donors (Lipinski definition) is 2. The topological polar surface area (TPSA) is 83.6 Å². The molecule has 15 heavy (non-hydrogen) atoms. The van der Waals surface area contributed by atoms with Crippen molar-refractivity contribution >= 4 is 11.8 Å². The van der Waals surface area contributed by atoms with Gasteiger partial charge in [0.2, 0.25) is 6.04 Å². The summed E-state index contributed by atoms with van der Waals surface area (Å²) in [4.78, 5) is 22.1. The van der Waals surface area contributed by atoms with Gasteiger partial charge in [0.25, 0.3) is 0 Å². The van der Waals surface area contributed by atoms with Crippen LogP contribution in [0.5, 0.6) is 0 Å². The number of rotatable bonds is 7. The number of carbonyl (C=O) groups excluding carboxylic acids is 1. The summed E-state index contributed by atoms with van der Waals surface area (Å²) in [5.41, 5.74) is 5.42. The Hall–Kier alpha value is -1.43. The number of aliphatic carboxylic acids is 1. The van der Waals surface area contributed by atoms with Gasteiger partial charge in [0.1, 0.15) is 0 Å². The van der Waals surface area contributed by atoms with Gasteiger partial charge in [0, 0.05) is 6.20 Å². The van der Waals surface area contributed by atoms with Crippen LogP contribution in [0.15, 0.2) is 12.8 Å². The van der Waals surface area contributed by atoms with E-state index in [1.807, 2.05) is 0 Å². The van der Waals surface area contributed by atoms with Crippen LogP contribution < -0.4 is 5.73 Å². The van der Waals surface area contributed by atoms with E-state index in [-0.39, 0.29) is 5.12 Å². The highest BCUT2D eigenvalue weighted by molar-refractivity contribution is 6.04. The second-order valence-corrected chi connectivity index (χ2v) is 3.07. The molecule has 2 atom stereocenters. The molecule has 0 rings (SSSR count). The molecule has 0 heterocycles. The highest BCUT2D eigenvalue weighted by Gasteiger charge is 2.34. The predicted octanol–water partition coefficient (Wildman–Crippen LogP) is 0.466. The molecule has 0 bridgehead atoms. The first kappa shape index (κ1) is 13.6. The average Bonchev–Trinajstić information content (AvgIpc) is 2.17. The average molecular weight is 218 g/mol. The van der Waals surface area contributed by atoms with Gasteiger partial charge in [-0.05, 0) is 6.42 Å². The van der Waals surface area contributed by atoms with Gasteiger partial charge in [-0.3, -0.25) is 4.79 Å². The Morgan fingerprint density at radius 2 is 2.20 bits per heavy atom. The molecule has 0 aliphatic heterocycles. The molecule has 0 saturated heterocycles. The highest BCUT2D eigenvalue weighted by atomic mass is 19.2. The standard InChI is InChI=1S/C9H15FN2O3/c1-3-5-6(11)8(13)7(9(14)15)12(10)4-2/h4,6-7H,2-3,5,11H2,1H3,(H,14,15)/t6-,7-/m0/s1. The lowest BCUT2D eigenvalue weighted by atomic mass is 10.0. The van der Waals surface area contributed by atoms with E-state index in [9.17, 15) is 14.1 Å².